The number of hydrogen-bond donors (Lipinski definition) is 2. The van der Waals surface area contributed by atoms with E-state index in [1.807, 2.05) is 19.1 Å². The van der Waals surface area contributed by atoms with E-state index in [1.165, 1.54) is 15.3 Å². The number of amides is 1. The second-order valence-electron chi connectivity index (χ2n) is 6.44. The fourth-order valence-electron chi connectivity index (χ4n) is 3.02. The summed E-state index contributed by atoms with van der Waals surface area (Å²) in [6.45, 7) is 2.21. The van der Waals surface area contributed by atoms with Crippen molar-refractivity contribution in [2.24, 2.45) is 0 Å². The van der Waals surface area contributed by atoms with Crippen LogP contribution in [0.15, 0.2) is 41.5 Å². The molecule has 0 saturated heterocycles. The number of aliphatic hydroxyl groups excluding tert-OH is 1. The van der Waals surface area contributed by atoms with Crippen LogP contribution in [0.1, 0.15) is 25.3 Å². The first-order chi connectivity index (χ1) is 13.6. The average molecular weight is 384 g/mol. The zero-order chi connectivity index (χ0) is 20.1. The maximum absolute atomic E-state index is 12.9. The SMILES string of the molecule is CCCCNC(=O)Cn1ccn2nc(-c3ccc(OC)cc3)c(CO)c2c1=O. The maximum Gasteiger partial charge on any atom is 0.277 e. The number of methoxy groups -OCH3 is 1. The van der Waals surface area contributed by atoms with E-state index < -0.39 is 0 Å². The molecule has 0 spiro atoms. The summed E-state index contributed by atoms with van der Waals surface area (Å²) in [6.07, 6.45) is 5.01. The molecule has 8 nitrogen and oxygen atoms in total. The second kappa shape index (κ2) is 8.71. The Morgan fingerprint density at radius 3 is 2.64 bits per heavy atom. The highest BCUT2D eigenvalue weighted by Crippen LogP contribution is 2.26. The lowest BCUT2D eigenvalue weighted by Gasteiger charge is -2.07. The lowest BCUT2D eigenvalue weighted by atomic mass is 10.1. The number of benzene rings is 1. The molecule has 3 rings (SSSR count). The quantitative estimate of drug-likeness (QED) is 0.575. The molecule has 0 aliphatic rings. The zero-order valence-electron chi connectivity index (χ0n) is 16.0. The van der Waals surface area contributed by atoms with E-state index >= 15 is 0 Å². The van der Waals surface area contributed by atoms with Gasteiger partial charge in [0.2, 0.25) is 5.91 Å². The van der Waals surface area contributed by atoms with E-state index in [2.05, 4.69) is 10.4 Å². The highest BCUT2D eigenvalue weighted by atomic mass is 16.5. The third-order valence-electron chi connectivity index (χ3n) is 4.55. The van der Waals surface area contributed by atoms with Gasteiger partial charge in [0, 0.05) is 30.1 Å². The summed E-state index contributed by atoms with van der Waals surface area (Å²) in [7, 11) is 1.58. The largest absolute Gasteiger partial charge is 0.497 e. The Labute approximate surface area is 162 Å². The van der Waals surface area contributed by atoms with Crippen LogP contribution in [-0.2, 0) is 17.9 Å². The first-order valence-electron chi connectivity index (χ1n) is 9.21. The number of hydrogen-bond acceptors (Lipinski definition) is 5. The molecule has 0 fully saturated rings. The van der Waals surface area contributed by atoms with Crippen LogP contribution in [0.3, 0.4) is 0 Å². The predicted octanol–water partition coefficient (Wildman–Crippen LogP) is 1.58. The molecule has 8 heteroatoms. The number of rotatable bonds is 8. The van der Waals surface area contributed by atoms with E-state index in [1.54, 1.807) is 25.4 Å². The molecule has 2 heterocycles. The normalized spacial score (nSPS) is 11.0. The minimum Gasteiger partial charge on any atom is -0.497 e. The Kier molecular flexibility index (Phi) is 6.10. The second-order valence-corrected chi connectivity index (χ2v) is 6.44. The number of ether oxygens (including phenoxy) is 1. The van der Waals surface area contributed by atoms with Crippen molar-refractivity contribution >= 4 is 11.4 Å². The zero-order valence-corrected chi connectivity index (χ0v) is 16.0. The number of carbonyl (C=O) groups is 1. The van der Waals surface area contributed by atoms with Crippen LogP contribution in [0.25, 0.3) is 16.8 Å². The van der Waals surface area contributed by atoms with Gasteiger partial charge >= 0.3 is 0 Å². The van der Waals surface area contributed by atoms with E-state index in [-0.39, 0.29) is 30.1 Å². The van der Waals surface area contributed by atoms with Gasteiger partial charge < -0.3 is 19.7 Å². The monoisotopic (exact) mass is 384 g/mol. The molecular weight excluding hydrogens is 360 g/mol. The van der Waals surface area contributed by atoms with Crippen LogP contribution in [-0.4, -0.2) is 38.8 Å². The van der Waals surface area contributed by atoms with Crippen molar-refractivity contribution < 1.29 is 14.6 Å². The molecule has 0 radical (unpaired) electrons. The number of aliphatic hydroxyl groups is 1. The van der Waals surface area contributed by atoms with Gasteiger partial charge in [-0.2, -0.15) is 5.10 Å². The third kappa shape index (κ3) is 3.91. The first-order valence-corrected chi connectivity index (χ1v) is 9.21. The van der Waals surface area contributed by atoms with Crippen LogP contribution >= 0.6 is 0 Å². The highest BCUT2D eigenvalue weighted by molar-refractivity contribution is 5.76. The number of nitrogens with one attached hydrogen (secondary N) is 1. The summed E-state index contributed by atoms with van der Waals surface area (Å²) in [6, 6.07) is 7.22. The average Bonchev–Trinajstić information content (AvgIpc) is 3.10. The summed E-state index contributed by atoms with van der Waals surface area (Å²) in [5.74, 6) is 0.481. The molecule has 0 bridgehead atoms. The molecule has 0 saturated carbocycles. The fraction of sp³-hybridized carbons (Fsp3) is 0.350. The smallest absolute Gasteiger partial charge is 0.277 e. The van der Waals surface area contributed by atoms with E-state index in [0.717, 1.165) is 18.4 Å². The van der Waals surface area contributed by atoms with Gasteiger partial charge in [-0.3, -0.25) is 9.59 Å². The van der Waals surface area contributed by atoms with Crippen molar-refractivity contribution in [1.29, 1.82) is 0 Å². The van der Waals surface area contributed by atoms with Crippen LogP contribution in [0.4, 0.5) is 0 Å². The number of nitrogens with zero attached hydrogens (tertiary/aromatic N) is 3. The van der Waals surface area contributed by atoms with Gasteiger partial charge in [-0.25, -0.2) is 4.52 Å². The van der Waals surface area contributed by atoms with Crippen molar-refractivity contribution in [1.82, 2.24) is 19.5 Å². The third-order valence-corrected chi connectivity index (χ3v) is 4.55. The fourth-order valence-corrected chi connectivity index (χ4v) is 3.02. The molecule has 28 heavy (non-hydrogen) atoms. The van der Waals surface area contributed by atoms with Gasteiger partial charge in [-0.15, -0.1) is 0 Å². The number of unbranched alkanes of at least 4 members (excludes halogenated alkanes) is 1. The molecule has 0 atom stereocenters. The Morgan fingerprint density at radius 1 is 1.25 bits per heavy atom. The first kappa shape index (κ1) is 19.6. The summed E-state index contributed by atoms with van der Waals surface area (Å²) >= 11 is 0. The lowest BCUT2D eigenvalue weighted by Crippen LogP contribution is -2.33. The standard InChI is InChI=1S/C20H24N4O4/c1-3-4-9-21-17(26)12-23-10-11-24-19(20(23)27)16(13-25)18(22-24)14-5-7-15(28-2)8-6-14/h5-8,10-11,25H,3-4,9,12-13H2,1-2H3,(H,21,26). The van der Waals surface area contributed by atoms with Gasteiger partial charge in [-0.05, 0) is 30.7 Å². The molecule has 148 valence electrons. The van der Waals surface area contributed by atoms with Crippen LogP contribution in [0.2, 0.25) is 0 Å². The summed E-state index contributed by atoms with van der Waals surface area (Å²) < 4.78 is 7.93. The molecule has 2 aromatic heterocycles. The molecule has 0 aliphatic carbocycles. The van der Waals surface area contributed by atoms with Crippen molar-refractivity contribution in [2.45, 2.75) is 32.9 Å². The van der Waals surface area contributed by atoms with Gasteiger partial charge in [0.15, 0.2) is 0 Å². The molecule has 2 N–H and O–H groups in total. The van der Waals surface area contributed by atoms with Crippen LogP contribution in [0, 0.1) is 0 Å². The number of fused-ring (bicyclic) bond motifs is 1. The predicted molar refractivity (Wildman–Crippen MR) is 105 cm³/mol. The topological polar surface area (TPSA) is 97.9 Å². The molecule has 1 aromatic carbocycles. The van der Waals surface area contributed by atoms with Gasteiger partial charge in [0.25, 0.3) is 5.56 Å². The molecular formula is C20H24N4O4. The van der Waals surface area contributed by atoms with E-state index in [0.29, 0.717) is 23.6 Å². The van der Waals surface area contributed by atoms with Crippen LogP contribution < -0.4 is 15.6 Å². The van der Waals surface area contributed by atoms with Gasteiger partial charge in [0.05, 0.1) is 19.4 Å². The number of aromatic nitrogens is 3. The van der Waals surface area contributed by atoms with Gasteiger partial charge in [0.1, 0.15) is 17.8 Å². The summed E-state index contributed by atoms with van der Waals surface area (Å²) in [5, 5.41) is 17.2. The van der Waals surface area contributed by atoms with Gasteiger partial charge in [-0.1, -0.05) is 13.3 Å². The highest BCUT2D eigenvalue weighted by Gasteiger charge is 2.18. The van der Waals surface area contributed by atoms with Crippen LogP contribution in [0.5, 0.6) is 5.75 Å². The minimum atomic E-state index is -0.371. The Hall–Kier alpha value is -3.13. The minimum absolute atomic E-state index is 0.0764. The molecule has 0 aliphatic heterocycles. The van der Waals surface area contributed by atoms with E-state index in [4.69, 9.17) is 4.74 Å². The summed E-state index contributed by atoms with van der Waals surface area (Å²) in [5.41, 5.74) is 1.60. The Bertz CT molecular complexity index is 1020. The Morgan fingerprint density at radius 2 is 2.00 bits per heavy atom. The number of carbonyl (C=O) groups excluding carboxylic acids is 1. The molecule has 1 amide bonds. The van der Waals surface area contributed by atoms with E-state index in [9.17, 15) is 14.7 Å². The van der Waals surface area contributed by atoms with Crippen molar-refractivity contribution in [3.63, 3.8) is 0 Å². The summed E-state index contributed by atoms with van der Waals surface area (Å²) in [4.78, 5) is 25.0. The lowest BCUT2D eigenvalue weighted by molar-refractivity contribution is -0.121. The molecule has 0 unspecified atom stereocenters. The maximum atomic E-state index is 12.9. The van der Waals surface area contributed by atoms with Crippen molar-refractivity contribution in [3.05, 3.63) is 52.6 Å². The van der Waals surface area contributed by atoms with Crippen molar-refractivity contribution in [3.8, 4) is 17.0 Å². The molecule has 3 aromatic rings. The van der Waals surface area contributed by atoms with Crippen molar-refractivity contribution in [2.75, 3.05) is 13.7 Å². The Balaban J connectivity index is 1.97.